The highest BCUT2D eigenvalue weighted by Crippen LogP contribution is 2.31. The van der Waals surface area contributed by atoms with Gasteiger partial charge >= 0.3 is 0 Å². The standard InChI is InChI=1S/C11H16BrNO2/c1-11(2)7-9(14)13(10(15)8-11)6-4-3-5-12/h3-4H,5-8H2,1-2H3/b4-3+. The molecule has 0 aromatic rings. The second kappa shape index (κ2) is 4.92. The maximum absolute atomic E-state index is 11.7. The molecule has 0 aromatic heterocycles. The Bertz CT molecular complexity index is 277. The zero-order valence-corrected chi connectivity index (χ0v) is 10.7. The van der Waals surface area contributed by atoms with Crippen LogP contribution in [0.25, 0.3) is 0 Å². The largest absolute Gasteiger partial charge is 0.279 e. The van der Waals surface area contributed by atoms with E-state index in [2.05, 4.69) is 15.9 Å². The number of alkyl halides is 1. The minimum atomic E-state index is -0.177. The Hall–Kier alpha value is -0.640. The number of likely N-dealkylation sites (tertiary alicyclic amines) is 1. The number of imide groups is 1. The molecule has 1 aliphatic heterocycles. The number of carbonyl (C=O) groups is 2. The van der Waals surface area contributed by atoms with Crippen LogP contribution in [0.2, 0.25) is 0 Å². The van der Waals surface area contributed by atoms with Gasteiger partial charge in [-0.05, 0) is 5.41 Å². The van der Waals surface area contributed by atoms with E-state index in [1.807, 2.05) is 26.0 Å². The predicted octanol–water partition coefficient (Wildman–Crippen LogP) is 2.11. The monoisotopic (exact) mass is 273 g/mol. The van der Waals surface area contributed by atoms with Crippen molar-refractivity contribution in [1.82, 2.24) is 4.90 Å². The lowest BCUT2D eigenvalue weighted by Gasteiger charge is -2.34. The summed E-state index contributed by atoms with van der Waals surface area (Å²) in [6.07, 6.45) is 4.64. The average Bonchev–Trinajstić information content (AvgIpc) is 2.08. The van der Waals surface area contributed by atoms with Crippen molar-refractivity contribution in [2.45, 2.75) is 26.7 Å². The summed E-state index contributed by atoms with van der Waals surface area (Å²) in [6, 6.07) is 0. The van der Waals surface area contributed by atoms with Crippen LogP contribution in [0, 0.1) is 5.41 Å². The van der Waals surface area contributed by atoms with Gasteiger partial charge in [0.25, 0.3) is 0 Å². The molecule has 0 saturated carbocycles. The van der Waals surface area contributed by atoms with Gasteiger partial charge < -0.3 is 0 Å². The molecule has 1 aliphatic rings. The number of hydrogen-bond donors (Lipinski definition) is 0. The third-order valence-corrected chi connectivity index (χ3v) is 2.78. The highest BCUT2D eigenvalue weighted by atomic mass is 79.9. The van der Waals surface area contributed by atoms with Crippen molar-refractivity contribution in [3.05, 3.63) is 12.2 Å². The van der Waals surface area contributed by atoms with Gasteiger partial charge in [0.15, 0.2) is 0 Å². The Labute approximate surface area is 98.6 Å². The molecule has 0 spiro atoms. The Morgan fingerprint density at radius 3 is 2.27 bits per heavy atom. The van der Waals surface area contributed by atoms with E-state index in [0.717, 1.165) is 5.33 Å². The molecule has 0 radical (unpaired) electrons. The van der Waals surface area contributed by atoms with Gasteiger partial charge in [-0.15, -0.1) is 0 Å². The van der Waals surface area contributed by atoms with E-state index in [9.17, 15) is 9.59 Å². The molecular formula is C11H16BrNO2. The number of allylic oxidation sites excluding steroid dienone is 1. The van der Waals surface area contributed by atoms with Crippen molar-refractivity contribution in [2.24, 2.45) is 5.41 Å². The molecule has 0 atom stereocenters. The Kier molecular flexibility index (Phi) is 4.08. The number of amides is 2. The van der Waals surface area contributed by atoms with E-state index in [-0.39, 0.29) is 17.2 Å². The first-order valence-corrected chi connectivity index (χ1v) is 6.12. The Balaban J connectivity index is 2.63. The first-order chi connectivity index (χ1) is 6.96. The third-order valence-electron chi connectivity index (χ3n) is 2.41. The molecule has 15 heavy (non-hydrogen) atoms. The molecule has 0 N–H and O–H groups in total. The van der Waals surface area contributed by atoms with Crippen molar-refractivity contribution in [3.63, 3.8) is 0 Å². The van der Waals surface area contributed by atoms with Crippen LogP contribution in [0.1, 0.15) is 26.7 Å². The van der Waals surface area contributed by atoms with Crippen LogP contribution in [-0.4, -0.2) is 28.6 Å². The minimum Gasteiger partial charge on any atom is -0.279 e. The minimum absolute atomic E-state index is 0.0597. The molecule has 2 amide bonds. The van der Waals surface area contributed by atoms with Crippen LogP contribution in [0.5, 0.6) is 0 Å². The fourth-order valence-corrected chi connectivity index (χ4v) is 1.92. The van der Waals surface area contributed by atoms with Crippen LogP contribution >= 0.6 is 15.9 Å². The van der Waals surface area contributed by atoms with Crippen molar-refractivity contribution < 1.29 is 9.59 Å². The fraction of sp³-hybridized carbons (Fsp3) is 0.636. The molecule has 84 valence electrons. The molecule has 0 aliphatic carbocycles. The SMILES string of the molecule is CC1(C)CC(=O)N(C/C=C/CBr)C(=O)C1. The van der Waals surface area contributed by atoms with Gasteiger partial charge in [0.1, 0.15) is 0 Å². The quantitative estimate of drug-likeness (QED) is 0.449. The summed E-state index contributed by atoms with van der Waals surface area (Å²) in [5.74, 6) is -0.119. The van der Waals surface area contributed by atoms with Crippen molar-refractivity contribution in [2.75, 3.05) is 11.9 Å². The van der Waals surface area contributed by atoms with E-state index < -0.39 is 0 Å². The Morgan fingerprint density at radius 1 is 1.27 bits per heavy atom. The number of hydrogen-bond acceptors (Lipinski definition) is 2. The molecule has 1 heterocycles. The first kappa shape index (κ1) is 12.4. The number of nitrogens with zero attached hydrogens (tertiary/aromatic N) is 1. The van der Waals surface area contributed by atoms with Crippen LogP contribution in [0.3, 0.4) is 0 Å². The first-order valence-electron chi connectivity index (χ1n) is 5.00. The van der Waals surface area contributed by atoms with Crippen molar-refractivity contribution in [1.29, 1.82) is 0 Å². The molecule has 3 nitrogen and oxygen atoms in total. The normalized spacial score (nSPS) is 21.4. The van der Waals surface area contributed by atoms with Gasteiger partial charge in [-0.2, -0.15) is 0 Å². The molecule has 1 saturated heterocycles. The number of rotatable bonds is 3. The lowest BCUT2D eigenvalue weighted by Crippen LogP contribution is -2.46. The highest BCUT2D eigenvalue weighted by Gasteiger charge is 2.36. The van der Waals surface area contributed by atoms with E-state index >= 15 is 0 Å². The maximum atomic E-state index is 11.7. The zero-order chi connectivity index (χ0) is 11.5. The van der Waals surface area contributed by atoms with E-state index in [1.165, 1.54) is 4.90 Å². The van der Waals surface area contributed by atoms with Gasteiger partial charge in [0.05, 0.1) is 0 Å². The summed E-state index contributed by atoms with van der Waals surface area (Å²) in [4.78, 5) is 24.7. The Morgan fingerprint density at radius 2 is 1.80 bits per heavy atom. The summed E-state index contributed by atoms with van der Waals surface area (Å²) in [7, 11) is 0. The number of carbonyl (C=O) groups excluding carboxylic acids is 2. The topological polar surface area (TPSA) is 37.4 Å². The van der Waals surface area contributed by atoms with Crippen LogP contribution in [0.15, 0.2) is 12.2 Å². The summed E-state index contributed by atoms with van der Waals surface area (Å²) in [6.45, 7) is 4.31. The van der Waals surface area contributed by atoms with Gasteiger partial charge in [0, 0.05) is 24.7 Å². The van der Waals surface area contributed by atoms with Gasteiger partial charge in [-0.25, -0.2) is 0 Å². The molecule has 0 aromatic carbocycles. The predicted molar refractivity (Wildman–Crippen MR) is 62.7 cm³/mol. The molecule has 1 fully saturated rings. The van der Waals surface area contributed by atoms with Crippen LogP contribution in [-0.2, 0) is 9.59 Å². The molecular weight excluding hydrogens is 258 g/mol. The molecule has 1 rings (SSSR count). The summed E-state index contributed by atoms with van der Waals surface area (Å²) in [5, 5.41) is 0.745. The summed E-state index contributed by atoms with van der Waals surface area (Å²) in [5.41, 5.74) is -0.177. The van der Waals surface area contributed by atoms with E-state index in [0.29, 0.717) is 19.4 Å². The number of piperidine rings is 1. The third kappa shape index (κ3) is 3.45. The summed E-state index contributed by atoms with van der Waals surface area (Å²) < 4.78 is 0. The zero-order valence-electron chi connectivity index (χ0n) is 9.12. The average molecular weight is 274 g/mol. The van der Waals surface area contributed by atoms with Crippen molar-refractivity contribution >= 4 is 27.7 Å². The maximum Gasteiger partial charge on any atom is 0.230 e. The second-order valence-electron chi connectivity index (χ2n) is 4.54. The van der Waals surface area contributed by atoms with Gasteiger partial charge in [-0.3, -0.25) is 14.5 Å². The lowest BCUT2D eigenvalue weighted by atomic mass is 9.82. The van der Waals surface area contributed by atoms with Crippen LogP contribution < -0.4 is 0 Å². The lowest BCUT2D eigenvalue weighted by molar-refractivity contribution is -0.151. The van der Waals surface area contributed by atoms with Crippen molar-refractivity contribution in [3.8, 4) is 0 Å². The van der Waals surface area contributed by atoms with E-state index in [1.54, 1.807) is 0 Å². The van der Waals surface area contributed by atoms with Crippen LogP contribution in [0.4, 0.5) is 0 Å². The fourth-order valence-electron chi connectivity index (χ4n) is 1.66. The second-order valence-corrected chi connectivity index (χ2v) is 5.19. The van der Waals surface area contributed by atoms with Gasteiger partial charge in [-0.1, -0.05) is 41.9 Å². The summed E-state index contributed by atoms with van der Waals surface area (Å²) >= 11 is 3.25. The van der Waals surface area contributed by atoms with E-state index in [4.69, 9.17) is 0 Å². The highest BCUT2D eigenvalue weighted by molar-refractivity contribution is 9.09. The molecule has 0 bridgehead atoms. The number of halogens is 1. The smallest absolute Gasteiger partial charge is 0.230 e. The molecule has 4 heteroatoms. The molecule has 0 unspecified atom stereocenters. The van der Waals surface area contributed by atoms with Gasteiger partial charge in [0.2, 0.25) is 11.8 Å².